The van der Waals surface area contributed by atoms with E-state index in [0.717, 1.165) is 10.1 Å². The fourth-order valence-electron chi connectivity index (χ4n) is 1.66. The van der Waals surface area contributed by atoms with Gasteiger partial charge in [0.1, 0.15) is 4.75 Å². The molecule has 0 saturated carbocycles. The largest absolute Gasteiger partial charge is 0.598 e. The highest BCUT2D eigenvalue weighted by Crippen LogP contribution is 2.31. The molecule has 0 fully saturated rings. The van der Waals surface area contributed by atoms with Crippen LogP contribution in [-0.4, -0.2) is 20.4 Å². The summed E-state index contributed by atoms with van der Waals surface area (Å²) in [6, 6.07) is 8.60. The van der Waals surface area contributed by atoms with Crippen LogP contribution >= 0.6 is 11.3 Å². The van der Waals surface area contributed by atoms with Crippen LogP contribution in [0.25, 0.3) is 10.1 Å². The van der Waals surface area contributed by atoms with E-state index in [1.54, 1.807) is 20.8 Å². The van der Waals surface area contributed by atoms with E-state index >= 15 is 0 Å². The number of benzene rings is 1. The summed E-state index contributed by atoms with van der Waals surface area (Å²) in [4.78, 5) is 12.1. The number of nitrogens with one attached hydrogen (secondary N) is 1. The number of carboxylic acid groups (broad SMARTS) is 1. The van der Waals surface area contributed by atoms with Gasteiger partial charge in [-0.05, 0) is 38.3 Å². The molecule has 0 bridgehead atoms. The Labute approximate surface area is 125 Å². The van der Waals surface area contributed by atoms with Gasteiger partial charge in [0, 0.05) is 20.9 Å². The number of fused-ring (bicyclic) bond motifs is 1. The highest BCUT2D eigenvalue weighted by molar-refractivity contribution is 7.90. The normalized spacial score (nSPS) is 15.2. The van der Waals surface area contributed by atoms with Gasteiger partial charge in [-0.15, -0.1) is 16.1 Å². The highest BCUT2D eigenvalue weighted by atomic mass is 32.2. The number of rotatable bonds is 4. The Morgan fingerprint density at radius 3 is 2.60 bits per heavy atom. The lowest BCUT2D eigenvalue weighted by Crippen LogP contribution is -2.43. The molecule has 0 aliphatic heterocycles. The first kappa shape index (κ1) is 15.3. The molecule has 1 aromatic carbocycles. The van der Waals surface area contributed by atoms with Crippen LogP contribution < -0.4 is 4.72 Å². The van der Waals surface area contributed by atoms with E-state index in [1.165, 1.54) is 11.3 Å². The molecule has 2 atom stereocenters. The fourth-order valence-corrected chi connectivity index (χ4v) is 3.64. The zero-order valence-electron chi connectivity index (χ0n) is 11.5. The maximum atomic E-state index is 12.1. The SMILES string of the molecule is CC(C)(C)[S+]([O-])N[C@H](C(=O)O)c1cc2ccccc2s1. The first-order valence-corrected chi connectivity index (χ1v) is 8.15. The van der Waals surface area contributed by atoms with Crippen molar-refractivity contribution in [1.29, 1.82) is 0 Å². The molecule has 6 heteroatoms. The minimum Gasteiger partial charge on any atom is -0.598 e. The Kier molecular flexibility index (Phi) is 4.39. The molecule has 2 rings (SSSR count). The van der Waals surface area contributed by atoms with Crippen molar-refractivity contribution < 1.29 is 14.5 Å². The Bertz CT molecular complexity index is 585. The lowest BCUT2D eigenvalue weighted by Gasteiger charge is -2.25. The van der Waals surface area contributed by atoms with Gasteiger partial charge in [0.05, 0.1) is 0 Å². The third-order valence-electron chi connectivity index (χ3n) is 2.76. The Morgan fingerprint density at radius 1 is 1.40 bits per heavy atom. The summed E-state index contributed by atoms with van der Waals surface area (Å²) in [6.07, 6.45) is 0. The molecule has 0 saturated heterocycles. The van der Waals surface area contributed by atoms with Crippen molar-refractivity contribution in [3.63, 3.8) is 0 Å². The summed E-state index contributed by atoms with van der Waals surface area (Å²) in [7, 11) is 0. The number of carbonyl (C=O) groups is 1. The van der Waals surface area contributed by atoms with Crippen molar-refractivity contribution in [1.82, 2.24) is 4.72 Å². The van der Waals surface area contributed by atoms with Crippen LogP contribution in [0.3, 0.4) is 0 Å². The third kappa shape index (κ3) is 3.32. The lowest BCUT2D eigenvalue weighted by molar-refractivity contribution is -0.139. The molecular weight excluding hydrogens is 294 g/mol. The van der Waals surface area contributed by atoms with Gasteiger partial charge < -0.3 is 9.66 Å². The van der Waals surface area contributed by atoms with Crippen LogP contribution in [0.4, 0.5) is 0 Å². The smallest absolute Gasteiger partial charge is 0.330 e. The summed E-state index contributed by atoms with van der Waals surface area (Å²) in [5.74, 6) is -1.02. The standard InChI is InChI=1S/C14H17NO3S2/c1-14(2,3)20(18)15-12(13(16)17)11-8-9-6-4-5-7-10(9)19-11/h4-8,12,15H,1-3H3,(H,16,17)/t12-,20?/m0/s1. The zero-order chi connectivity index (χ0) is 14.9. The number of thiophene rings is 1. The predicted octanol–water partition coefficient (Wildman–Crippen LogP) is 3.08. The summed E-state index contributed by atoms with van der Waals surface area (Å²) >= 11 is -0.0257. The van der Waals surface area contributed by atoms with Crippen molar-refractivity contribution in [2.45, 2.75) is 31.6 Å². The molecular formula is C14H17NO3S2. The summed E-state index contributed by atoms with van der Waals surface area (Å²) in [6.45, 7) is 5.42. The van der Waals surface area contributed by atoms with E-state index in [2.05, 4.69) is 4.72 Å². The lowest BCUT2D eigenvalue weighted by atomic mass is 10.2. The molecule has 108 valence electrons. The maximum absolute atomic E-state index is 12.1. The molecule has 1 unspecified atom stereocenters. The van der Waals surface area contributed by atoms with Crippen LogP contribution in [0.15, 0.2) is 30.3 Å². The van der Waals surface area contributed by atoms with E-state index in [9.17, 15) is 14.5 Å². The Balaban J connectivity index is 2.31. The number of hydrogen-bond acceptors (Lipinski definition) is 4. The molecule has 0 aliphatic carbocycles. The average Bonchev–Trinajstić information content (AvgIpc) is 2.77. The first-order chi connectivity index (χ1) is 9.29. The Morgan fingerprint density at radius 2 is 2.05 bits per heavy atom. The van der Waals surface area contributed by atoms with Gasteiger partial charge in [0.25, 0.3) is 0 Å². The third-order valence-corrected chi connectivity index (χ3v) is 5.50. The van der Waals surface area contributed by atoms with Crippen molar-refractivity contribution >= 4 is 38.8 Å². The van der Waals surface area contributed by atoms with E-state index in [1.807, 2.05) is 30.3 Å². The quantitative estimate of drug-likeness (QED) is 0.851. The van der Waals surface area contributed by atoms with Gasteiger partial charge in [-0.2, -0.15) is 0 Å². The maximum Gasteiger partial charge on any atom is 0.330 e. The van der Waals surface area contributed by atoms with Crippen LogP contribution in [0.1, 0.15) is 31.7 Å². The monoisotopic (exact) mass is 311 g/mol. The van der Waals surface area contributed by atoms with E-state index in [4.69, 9.17) is 0 Å². The number of hydrogen-bond donors (Lipinski definition) is 2. The van der Waals surface area contributed by atoms with Gasteiger partial charge >= 0.3 is 5.97 Å². The molecule has 0 amide bonds. The topological polar surface area (TPSA) is 72.4 Å². The molecule has 4 nitrogen and oxygen atoms in total. The van der Waals surface area contributed by atoms with Crippen molar-refractivity contribution in [3.05, 3.63) is 35.2 Å². The summed E-state index contributed by atoms with van der Waals surface area (Å²) < 4.78 is 15.3. The molecule has 1 aromatic heterocycles. The van der Waals surface area contributed by atoms with Gasteiger partial charge in [0.2, 0.25) is 0 Å². The predicted molar refractivity (Wildman–Crippen MR) is 83.2 cm³/mol. The minimum absolute atomic E-state index is 0.510. The fraction of sp³-hybridized carbons (Fsp3) is 0.357. The molecule has 0 spiro atoms. The molecule has 20 heavy (non-hydrogen) atoms. The molecule has 0 radical (unpaired) electrons. The first-order valence-electron chi connectivity index (χ1n) is 6.18. The number of carboxylic acids is 1. The minimum atomic E-state index is -1.43. The van der Waals surface area contributed by atoms with Gasteiger partial charge in [-0.3, -0.25) is 0 Å². The second-order valence-corrected chi connectivity index (χ2v) is 8.57. The summed E-state index contributed by atoms with van der Waals surface area (Å²) in [5.41, 5.74) is 0. The van der Waals surface area contributed by atoms with E-state index < -0.39 is 28.1 Å². The van der Waals surface area contributed by atoms with Crippen LogP contribution in [-0.2, 0) is 16.2 Å². The number of aliphatic carboxylic acids is 1. The van der Waals surface area contributed by atoms with Gasteiger partial charge in [-0.1, -0.05) is 18.2 Å². The molecule has 1 heterocycles. The van der Waals surface area contributed by atoms with Crippen molar-refractivity contribution in [2.75, 3.05) is 0 Å². The second kappa shape index (κ2) is 5.73. The Hall–Kier alpha value is -1.08. The van der Waals surface area contributed by atoms with E-state index in [0.29, 0.717) is 4.88 Å². The van der Waals surface area contributed by atoms with Crippen molar-refractivity contribution in [3.8, 4) is 0 Å². The second-order valence-electron chi connectivity index (χ2n) is 5.46. The van der Waals surface area contributed by atoms with Gasteiger partial charge in [0.15, 0.2) is 6.04 Å². The average molecular weight is 311 g/mol. The highest BCUT2D eigenvalue weighted by Gasteiger charge is 2.33. The van der Waals surface area contributed by atoms with Crippen molar-refractivity contribution in [2.24, 2.45) is 0 Å². The zero-order valence-corrected chi connectivity index (χ0v) is 13.2. The summed E-state index contributed by atoms with van der Waals surface area (Å²) in [5, 5.41) is 10.4. The van der Waals surface area contributed by atoms with Crippen LogP contribution in [0.2, 0.25) is 0 Å². The molecule has 2 aromatic rings. The van der Waals surface area contributed by atoms with Crippen LogP contribution in [0.5, 0.6) is 0 Å². The van der Waals surface area contributed by atoms with E-state index in [-0.39, 0.29) is 0 Å². The van der Waals surface area contributed by atoms with Gasteiger partial charge in [-0.25, -0.2) is 4.79 Å². The van der Waals surface area contributed by atoms with Crippen LogP contribution in [0, 0.1) is 0 Å². The molecule has 2 N–H and O–H groups in total. The molecule has 0 aliphatic rings.